The van der Waals surface area contributed by atoms with Crippen LogP contribution in [0.15, 0.2) is 18.2 Å². The summed E-state index contributed by atoms with van der Waals surface area (Å²) in [6.45, 7) is 4.87. The largest absolute Gasteiger partial charge is 0.397 e. The van der Waals surface area contributed by atoms with E-state index < -0.39 is 5.91 Å². The molecule has 0 atom stereocenters. The molecule has 0 saturated heterocycles. The van der Waals surface area contributed by atoms with Gasteiger partial charge in [-0.2, -0.15) is 0 Å². The third-order valence-corrected chi connectivity index (χ3v) is 2.68. The number of carbonyl (C=O) groups excluding carboxylic acids is 1. The summed E-state index contributed by atoms with van der Waals surface area (Å²) in [6, 6.07) is 5.04. The minimum absolute atomic E-state index is 0.429. The van der Waals surface area contributed by atoms with Gasteiger partial charge in [-0.3, -0.25) is 4.79 Å². The number of nitrogens with two attached hydrogens (primary N) is 2. The third kappa shape index (κ3) is 3.96. The molecule has 0 fully saturated rings. The van der Waals surface area contributed by atoms with E-state index >= 15 is 0 Å². The minimum Gasteiger partial charge on any atom is -0.397 e. The van der Waals surface area contributed by atoms with E-state index in [0.717, 1.165) is 25.3 Å². The highest BCUT2D eigenvalue weighted by Gasteiger charge is 2.04. The molecule has 0 unspecified atom stereocenters. The first-order valence-electron chi connectivity index (χ1n) is 5.66. The van der Waals surface area contributed by atoms with Crippen LogP contribution in [-0.2, 0) is 0 Å². The fourth-order valence-corrected chi connectivity index (χ4v) is 1.42. The van der Waals surface area contributed by atoms with Gasteiger partial charge in [-0.25, -0.2) is 0 Å². The molecule has 1 aromatic carbocycles. The van der Waals surface area contributed by atoms with Gasteiger partial charge in [0.05, 0.1) is 11.4 Å². The number of primary amides is 1. The quantitative estimate of drug-likeness (QED) is 0.636. The Labute approximate surface area is 102 Å². The maximum absolute atomic E-state index is 10.9. The molecule has 1 aromatic rings. The predicted molar refractivity (Wildman–Crippen MR) is 71.0 cm³/mol. The van der Waals surface area contributed by atoms with Crippen molar-refractivity contribution in [2.24, 2.45) is 5.73 Å². The number of amides is 1. The van der Waals surface area contributed by atoms with E-state index in [1.807, 2.05) is 0 Å². The molecule has 1 rings (SSSR count). The van der Waals surface area contributed by atoms with Crippen molar-refractivity contribution in [1.82, 2.24) is 4.90 Å². The summed E-state index contributed by atoms with van der Waals surface area (Å²) in [6.07, 6.45) is 0. The van der Waals surface area contributed by atoms with Crippen molar-refractivity contribution in [2.45, 2.75) is 6.92 Å². The molecular formula is C12H20N4O. The van der Waals surface area contributed by atoms with Gasteiger partial charge in [0.1, 0.15) is 0 Å². The third-order valence-electron chi connectivity index (χ3n) is 2.68. The molecule has 5 N–H and O–H groups in total. The topological polar surface area (TPSA) is 84.4 Å². The number of nitrogen functional groups attached to an aromatic ring is 1. The number of nitrogens with one attached hydrogen (secondary N) is 1. The van der Waals surface area contributed by atoms with Crippen molar-refractivity contribution < 1.29 is 4.79 Å². The Kier molecular flexibility index (Phi) is 4.78. The Morgan fingerprint density at radius 1 is 1.47 bits per heavy atom. The molecule has 0 bridgehead atoms. The summed E-state index contributed by atoms with van der Waals surface area (Å²) < 4.78 is 0. The van der Waals surface area contributed by atoms with E-state index in [1.165, 1.54) is 0 Å². The molecule has 0 aliphatic rings. The first kappa shape index (κ1) is 13.3. The average molecular weight is 236 g/mol. The fourth-order valence-electron chi connectivity index (χ4n) is 1.42. The van der Waals surface area contributed by atoms with Gasteiger partial charge in [-0.15, -0.1) is 0 Å². The zero-order valence-electron chi connectivity index (χ0n) is 10.4. The summed E-state index contributed by atoms with van der Waals surface area (Å²) in [4.78, 5) is 13.1. The second-order valence-corrected chi connectivity index (χ2v) is 3.99. The van der Waals surface area contributed by atoms with Gasteiger partial charge in [0.15, 0.2) is 0 Å². The summed E-state index contributed by atoms with van der Waals surface area (Å²) in [5.74, 6) is -0.464. The molecule has 0 heterocycles. The van der Waals surface area contributed by atoms with Gasteiger partial charge in [-0.05, 0) is 31.8 Å². The summed E-state index contributed by atoms with van der Waals surface area (Å²) >= 11 is 0. The van der Waals surface area contributed by atoms with Gasteiger partial charge in [0.25, 0.3) is 0 Å². The Hall–Kier alpha value is -1.75. The van der Waals surface area contributed by atoms with Crippen LogP contribution in [0.2, 0.25) is 0 Å². The monoisotopic (exact) mass is 236 g/mol. The van der Waals surface area contributed by atoms with Crippen LogP contribution >= 0.6 is 0 Å². The SMILES string of the molecule is CCN(C)CCNc1ccc(C(N)=O)cc1N. The van der Waals surface area contributed by atoms with Crippen molar-refractivity contribution in [1.29, 1.82) is 0 Å². The molecule has 0 aromatic heterocycles. The summed E-state index contributed by atoms with van der Waals surface area (Å²) in [5.41, 5.74) is 12.8. The zero-order chi connectivity index (χ0) is 12.8. The summed E-state index contributed by atoms with van der Waals surface area (Å²) in [7, 11) is 2.06. The van der Waals surface area contributed by atoms with Crippen molar-refractivity contribution >= 4 is 17.3 Å². The van der Waals surface area contributed by atoms with E-state index in [4.69, 9.17) is 11.5 Å². The highest BCUT2D eigenvalue weighted by atomic mass is 16.1. The number of likely N-dealkylation sites (N-methyl/N-ethyl adjacent to an activating group) is 1. The van der Waals surface area contributed by atoms with Gasteiger partial charge < -0.3 is 21.7 Å². The van der Waals surface area contributed by atoms with E-state index in [9.17, 15) is 4.79 Å². The lowest BCUT2D eigenvalue weighted by molar-refractivity contribution is 0.100. The molecule has 17 heavy (non-hydrogen) atoms. The lowest BCUT2D eigenvalue weighted by Gasteiger charge is -2.15. The van der Waals surface area contributed by atoms with Crippen LogP contribution < -0.4 is 16.8 Å². The van der Waals surface area contributed by atoms with Crippen molar-refractivity contribution in [2.75, 3.05) is 37.7 Å². The van der Waals surface area contributed by atoms with Crippen molar-refractivity contribution in [3.8, 4) is 0 Å². The van der Waals surface area contributed by atoms with E-state index in [-0.39, 0.29) is 0 Å². The normalized spacial score (nSPS) is 10.5. The van der Waals surface area contributed by atoms with Crippen LogP contribution in [0.3, 0.4) is 0 Å². The number of rotatable bonds is 6. The average Bonchev–Trinajstić information content (AvgIpc) is 2.30. The Morgan fingerprint density at radius 2 is 2.18 bits per heavy atom. The molecule has 0 saturated carbocycles. The first-order valence-corrected chi connectivity index (χ1v) is 5.66. The molecule has 1 amide bonds. The molecule has 5 nitrogen and oxygen atoms in total. The van der Waals surface area contributed by atoms with Crippen LogP contribution in [0.1, 0.15) is 17.3 Å². The van der Waals surface area contributed by atoms with Crippen LogP contribution in [0.4, 0.5) is 11.4 Å². The second kappa shape index (κ2) is 6.10. The first-order chi connectivity index (χ1) is 8.04. The number of benzene rings is 1. The van der Waals surface area contributed by atoms with E-state index in [0.29, 0.717) is 11.3 Å². The maximum atomic E-state index is 10.9. The number of carbonyl (C=O) groups is 1. The second-order valence-electron chi connectivity index (χ2n) is 3.99. The molecule has 5 heteroatoms. The van der Waals surface area contributed by atoms with Crippen molar-refractivity contribution in [3.05, 3.63) is 23.8 Å². The van der Waals surface area contributed by atoms with E-state index in [2.05, 4.69) is 24.2 Å². The Morgan fingerprint density at radius 3 is 2.71 bits per heavy atom. The number of hydrogen-bond donors (Lipinski definition) is 3. The molecular weight excluding hydrogens is 216 g/mol. The number of anilines is 2. The lowest BCUT2D eigenvalue weighted by atomic mass is 10.1. The van der Waals surface area contributed by atoms with Crippen LogP contribution in [0.5, 0.6) is 0 Å². The van der Waals surface area contributed by atoms with Gasteiger partial charge >= 0.3 is 0 Å². The molecule has 0 radical (unpaired) electrons. The molecule has 0 spiro atoms. The highest BCUT2D eigenvalue weighted by Crippen LogP contribution is 2.19. The van der Waals surface area contributed by atoms with Crippen molar-refractivity contribution in [3.63, 3.8) is 0 Å². The number of hydrogen-bond acceptors (Lipinski definition) is 4. The molecule has 94 valence electrons. The Balaban J connectivity index is 2.57. The minimum atomic E-state index is -0.464. The zero-order valence-corrected chi connectivity index (χ0v) is 10.4. The predicted octanol–water partition coefficient (Wildman–Crippen LogP) is 0.731. The number of nitrogens with zero attached hydrogens (tertiary/aromatic N) is 1. The molecule has 0 aliphatic heterocycles. The standard InChI is InChI=1S/C12H20N4O/c1-3-16(2)7-6-15-11-5-4-9(12(14)17)8-10(11)13/h4-5,8,15H,3,6-7,13H2,1-2H3,(H2,14,17). The van der Waals surface area contributed by atoms with Gasteiger partial charge in [0, 0.05) is 18.7 Å². The smallest absolute Gasteiger partial charge is 0.248 e. The van der Waals surface area contributed by atoms with Crippen LogP contribution in [0, 0.1) is 0 Å². The van der Waals surface area contributed by atoms with Gasteiger partial charge in [-0.1, -0.05) is 6.92 Å². The summed E-state index contributed by atoms with van der Waals surface area (Å²) in [5, 5.41) is 3.23. The highest BCUT2D eigenvalue weighted by molar-refractivity contribution is 5.94. The Bertz CT molecular complexity index is 392. The maximum Gasteiger partial charge on any atom is 0.248 e. The van der Waals surface area contributed by atoms with Crippen LogP contribution in [0.25, 0.3) is 0 Å². The van der Waals surface area contributed by atoms with E-state index in [1.54, 1.807) is 18.2 Å². The van der Waals surface area contributed by atoms with Crippen LogP contribution in [-0.4, -0.2) is 37.5 Å². The fraction of sp³-hybridized carbons (Fsp3) is 0.417. The lowest BCUT2D eigenvalue weighted by Crippen LogP contribution is -2.25. The van der Waals surface area contributed by atoms with Gasteiger partial charge in [0.2, 0.25) is 5.91 Å². The molecule has 0 aliphatic carbocycles.